The van der Waals surface area contributed by atoms with Gasteiger partial charge in [-0.1, -0.05) is 47.6 Å². The van der Waals surface area contributed by atoms with Crippen molar-refractivity contribution in [3.63, 3.8) is 0 Å². The molecule has 0 aliphatic heterocycles. The predicted octanol–water partition coefficient (Wildman–Crippen LogP) is 6.64. The normalized spacial score (nSPS) is 18.1. The van der Waals surface area contributed by atoms with E-state index in [0.717, 1.165) is 46.7 Å². The molecule has 2 aliphatic rings. The van der Waals surface area contributed by atoms with Crippen molar-refractivity contribution in [1.29, 1.82) is 0 Å². The van der Waals surface area contributed by atoms with Crippen LogP contribution in [-0.2, 0) is 9.53 Å². The number of ether oxygens (including phenoxy) is 3. The fourth-order valence-corrected chi connectivity index (χ4v) is 4.92. The molecule has 0 N–H and O–H groups in total. The van der Waals surface area contributed by atoms with E-state index in [4.69, 9.17) is 14.2 Å². The maximum atomic E-state index is 12.3. The van der Waals surface area contributed by atoms with Crippen LogP contribution in [0, 0.1) is 6.92 Å². The summed E-state index contributed by atoms with van der Waals surface area (Å²) in [6, 6.07) is 5.82. The van der Waals surface area contributed by atoms with Gasteiger partial charge in [0.05, 0.1) is 7.11 Å². The van der Waals surface area contributed by atoms with Gasteiger partial charge in [0.25, 0.3) is 0 Å². The Morgan fingerprint density at radius 2 is 1.88 bits per heavy atom. The van der Waals surface area contributed by atoms with Gasteiger partial charge in [-0.05, 0) is 46.1 Å². The molecule has 2 unspecified atom stereocenters. The number of allylic oxidation sites excluding steroid dienone is 4. The van der Waals surface area contributed by atoms with E-state index in [2.05, 4.69) is 32.6 Å². The average Bonchev–Trinajstić information content (AvgIpc) is 3.34. The molecule has 0 spiro atoms. The summed E-state index contributed by atoms with van der Waals surface area (Å²) < 4.78 is 16.3. The van der Waals surface area contributed by atoms with Crippen LogP contribution in [0.3, 0.4) is 0 Å². The molecule has 0 saturated carbocycles. The van der Waals surface area contributed by atoms with Crippen molar-refractivity contribution in [3.8, 4) is 11.5 Å². The maximum Gasteiger partial charge on any atom is 0.513 e. The van der Waals surface area contributed by atoms with Gasteiger partial charge in [-0.25, -0.2) is 9.59 Å². The fraction of sp³-hybridized carbons (Fsp3) is 0.333. The van der Waals surface area contributed by atoms with Gasteiger partial charge in [0.15, 0.2) is 0 Å². The smallest absolute Gasteiger partial charge is 0.437 e. The first-order valence-electron chi connectivity index (χ1n) is 10.9. The Hall–Kier alpha value is -3.34. The first-order chi connectivity index (χ1) is 15.3. The number of esters is 1. The van der Waals surface area contributed by atoms with Crippen molar-refractivity contribution in [1.82, 2.24) is 0 Å². The summed E-state index contributed by atoms with van der Waals surface area (Å²) in [4.78, 5) is 24.4. The van der Waals surface area contributed by atoms with Crippen LogP contribution in [0.15, 0.2) is 54.2 Å². The van der Waals surface area contributed by atoms with Gasteiger partial charge in [-0.15, -0.1) is 0 Å². The minimum atomic E-state index is -0.763. The van der Waals surface area contributed by atoms with Crippen LogP contribution in [0.1, 0.15) is 61.6 Å². The van der Waals surface area contributed by atoms with Crippen LogP contribution in [-0.4, -0.2) is 19.2 Å². The zero-order valence-electron chi connectivity index (χ0n) is 19.0. The first-order valence-corrected chi connectivity index (χ1v) is 10.9. The predicted molar refractivity (Wildman–Crippen MR) is 124 cm³/mol. The summed E-state index contributed by atoms with van der Waals surface area (Å²) in [6.45, 7) is 9.72. The third kappa shape index (κ3) is 3.83. The van der Waals surface area contributed by atoms with E-state index >= 15 is 0 Å². The Morgan fingerprint density at radius 3 is 2.56 bits per heavy atom. The molecule has 0 aromatic heterocycles. The molecule has 2 atom stereocenters. The van der Waals surface area contributed by atoms with Crippen LogP contribution in [0.25, 0.3) is 10.8 Å². The minimum absolute atomic E-state index is 0.0995. The standard InChI is InChI=1S/C27H28O5/c1-6-22(28)31-25-19-11-10-16(4)12-21(19)26(32-27(29)30-5)23-18-13-17(9-7-8-15(2)3)20(14-18)24(23)25/h6,8,10-13,18,20H,1,7,9,14H2,2-5H3. The first kappa shape index (κ1) is 21.9. The van der Waals surface area contributed by atoms with E-state index < -0.39 is 12.1 Å². The van der Waals surface area contributed by atoms with Crippen molar-refractivity contribution in [2.24, 2.45) is 0 Å². The maximum absolute atomic E-state index is 12.3. The second-order valence-electron chi connectivity index (χ2n) is 8.67. The molecule has 2 bridgehead atoms. The molecule has 166 valence electrons. The third-order valence-electron chi connectivity index (χ3n) is 6.22. The highest BCUT2D eigenvalue weighted by atomic mass is 16.7. The number of hydrogen-bond donors (Lipinski definition) is 0. The molecule has 0 saturated heterocycles. The Kier molecular flexibility index (Phi) is 5.92. The molecule has 5 heteroatoms. The molecule has 0 radical (unpaired) electrons. The molecule has 0 amide bonds. The molecule has 32 heavy (non-hydrogen) atoms. The second-order valence-corrected chi connectivity index (χ2v) is 8.67. The summed E-state index contributed by atoms with van der Waals surface area (Å²) >= 11 is 0. The van der Waals surface area contributed by atoms with Gasteiger partial charge in [-0.2, -0.15) is 0 Å². The number of carbonyl (C=O) groups is 2. The molecule has 2 aromatic rings. The van der Waals surface area contributed by atoms with Crippen molar-refractivity contribution in [2.75, 3.05) is 7.11 Å². The molecule has 0 heterocycles. The van der Waals surface area contributed by atoms with Crippen LogP contribution in [0.2, 0.25) is 0 Å². The summed E-state index contributed by atoms with van der Waals surface area (Å²) in [5.41, 5.74) is 5.50. The van der Waals surface area contributed by atoms with Crippen LogP contribution in [0.5, 0.6) is 11.5 Å². The summed E-state index contributed by atoms with van der Waals surface area (Å²) in [7, 11) is 1.30. The lowest BCUT2D eigenvalue weighted by atomic mass is 9.85. The monoisotopic (exact) mass is 432 g/mol. The Balaban J connectivity index is 1.92. The zero-order valence-corrected chi connectivity index (χ0v) is 19.0. The molecule has 2 aromatic carbocycles. The second kappa shape index (κ2) is 8.65. The fourth-order valence-electron chi connectivity index (χ4n) is 4.92. The number of benzene rings is 2. The quantitative estimate of drug-likeness (QED) is 0.168. The topological polar surface area (TPSA) is 61.8 Å². The van der Waals surface area contributed by atoms with E-state index in [1.165, 1.54) is 24.3 Å². The number of aryl methyl sites for hydroxylation is 1. The number of methoxy groups -OCH3 is 1. The van der Waals surface area contributed by atoms with Gasteiger partial charge in [0.1, 0.15) is 11.5 Å². The van der Waals surface area contributed by atoms with E-state index in [1.807, 2.05) is 25.1 Å². The Bertz CT molecular complexity index is 1180. The summed E-state index contributed by atoms with van der Waals surface area (Å²) in [5, 5.41) is 1.47. The number of carbonyl (C=O) groups excluding carboxylic acids is 2. The number of hydrogen-bond acceptors (Lipinski definition) is 5. The highest BCUT2D eigenvalue weighted by Crippen LogP contribution is 2.61. The molecule has 2 aliphatic carbocycles. The van der Waals surface area contributed by atoms with Crippen molar-refractivity contribution < 1.29 is 23.8 Å². The van der Waals surface area contributed by atoms with Crippen molar-refractivity contribution in [2.45, 2.75) is 51.9 Å². The van der Waals surface area contributed by atoms with Gasteiger partial charge < -0.3 is 14.2 Å². The summed E-state index contributed by atoms with van der Waals surface area (Å²) in [6.07, 6.45) is 7.72. The Morgan fingerprint density at radius 1 is 1.12 bits per heavy atom. The zero-order chi connectivity index (χ0) is 23.0. The lowest BCUT2D eigenvalue weighted by Crippen LogP contribution is -2.14. The van der Waals surface area contributed by atoms with Crippen LogP contribution >= 0.6 is 0 Å². The third-order valence-corrected chi connectivity index (χ3v) is 6.22. The molecule has 0 fully saturated rings. The van der Waals surface area contributed by atoms with E-state index in [9.17, 15) is 9.59 Å². The highest BCUT2D eigenvalue weighted by Gasteiger charge is 2.44. The van der Waals surface area contributed by atoms with Gasteiger partial charge in [-0.3, -0.25) is 0 Å². The lowest BCUT2D eigenvalue weighted by molar-refractivity contribution is -0.128. The van der Waals surface area contributed by atoms with Crippen molar-refractivity contribution >= 4 is 22.9 Å². The van der Waals surface area contributed by atoms with E-state index in [0.29, 0.717) is 11.5 Å². The van der Waals surface area contributed by atoms with E-state index in [-0.39, 0.29) is 11.8 Å². The SMILES string of the molecule is C=CC(=O)Oc1c2c(c(OC(=O)OC)c3cc(C)ccc13)C1C=C(CCC=C(C)C)C2C1. The molecular weight excluding hydrogens is 404 g/mol. The summed E-state index contributed by atoms with van der Waals surface area (Å²) in [5.74, 6) is 0.753. The number of fused-ring (bicyclic) bond motifs is 6. The van der Waals surface area contributed by atoms with E-state index in [1.54, 1.807) is 0 Å². The largest absolute Gasteiger partial charge is 0.513 e. The molecule has 5 nitrogen and oxygen atoms in total. The van der Waals surface area contributed by atoms with Gasteiger partial charge in [0.2, 0.25) is 0 Å². The number of rotatable bonds is 6. The minimum Gasteiger partial charge on any atom is -0.437 e. The van der Waals surface area contributed by atoms with Crippen molar-refractivity contribution in [3.05, 3.63) is 70.8 Å². The highest BCUT2D eigenvalue weighted by molar-refractivity contribution is 6.01. The average molecular weight is 433 g/mol. The van der Waals surface area contributed by atoms with Gasteiger partial charge in [0, 0.05) is 39.8 Å². The van der Waals surface area contributed by atoms with Crippen LogP contribution < -0.4 is 9.47 Å². The molecule has 4 rings (SSSR count). The van der Waals surface area contributed by atoms with Crippen LogP contribution in [0.4, 0.5) is 4.79 Å². The molecular formula is C27H28O5. The Labute approximate surface area is 188 Å². The lowest BCUT2D eigenvalue weighted by Gasteiger charge is -2.24. The van der Waals surface area contributed by atoms with Gasteiger partial charge >= 0.3 is 12.1 Å².